The van der Waals surface area contributed by atoms with Crippen molar-refractivity contribution < 1.29 is 5.11 Å². The molecule has 0 amide bonds. The lowest BCUT2D eigenvalue weighted by Crippen LogP contribution is -2.27. The van der Waals surface area contributed by atoms with Crippen LogP contribution in [0.1, 0.15) is 17.3 Å². The summed E-state index contributed by atoms with van der Waals surface area (Å²) in [6, 6.07) is 19.5. The summed E-state index contributed by atoms with van der Waals surface area (Å²) in [5, 5.41) is 14.7. The van der Waals surface area contributed by atoms with E-state index in [2.05, 4.69) is 66.3 Å². The molecule has 0 saturated heterocycles. The maximum Gasteiger partial charge on any atom is 0.139 e. The van der Waals surface area contributed by atoms with Gasteiger partial charge in [0, 0.05) is 36.8 Å². The number of hydrogen-bond donors (Lipinski definition) is 2. The molecule has 0 bridgehead atoms. The summed E-state index contributed by atoms with van der Waals surface area (Å²) in [6.45, 7) is 1.91. The second-order valence-electron chi connectivity index (χ2n) is 6.53. The molecule has 1 aliphatic heterocycles. The molecule has 4 heteroatoms. The summed E-state index contributed by atoms with van der Waals surface area (Å²) >= 11 is 0. The van der Waals surface area contributed by atoms with Gasteiger partial charge in [-0.05, 0) is 23.1 Å². The van der Waals surface area contributed by atoms with Crippen LogP contribution >= 0.6 is 0 Å². The fraction of sp³-hybridized carbons (Fsp3) is 0.263. The van der Waals surface area contributed by atoms with Gasteiger partial charge in [0.2, 0.25) is 0 Å². The number of aliphatic hydroxyl groups excluding tert-OH is 1. The molecule has 2 aromatic carbocycles. The number of aliphatic hydroxyl groups is 1. The predicted molar refractivity (Wildman–Crippen MR) is 96.7 cm³/mol. The van der Waals surface area contributed by atoms with Crippen LogP contribution in [0.25, 0.3) is 10.9 Å². The molecule has 0 fully saturated rings. The molecule has 1 aliphatic rings. The van der Waals surface area contributed by atoms with Crippen molar-refractivity contribution in [3.05, 3.63) is 65.9 Å². The van der Waals surface area contributed by atoms with E-state index in [0.717, 1.165) is 13.1 Å². The molecule has 0 saturated carbocycles. The number of nitrogens with zero attached hydrogens (tertiary/aromatic N) is 1. The minimum Gasteiger partial charge on any atom is -0.396 e. The number of fused-ring (bicyclic) bond motifs is 3. The van der Waals surface area contributed by atoms with Crippen molar-refractivity contribution in [2.24, 2.45) is 5.92 Å². The molecule has 3 nitrogen and oxygen atoms in total. The van der Waals surface area contributed by atoms with Gasteiger partial charge in [-0.2, -0.15) is 0 Å². The Kier molecular flexibility index (Phi) is 3.72. The first-order valence-corrected chi connectivity index (χ1v) is 8.24. The van der Waals surface area contributed by atoms with Crippen molar-refractivity contribution in [3.63, 3.8) is 0 Å². The van der Waals surface area contributed by atoms with E-state index >= 15 is 0 Å². The van der Waals surface area contributed by atoms with E-state index < -0.39 is 0 Å². The van der Waals surface area contributed by atoms with Crippen LogP contribution in [0.4, 0.5) is 0 Å². The van der Waals surface area contributed by atoms with Crippen molar-refractivity contribution in [1.82, 2.24) is 9.88 Å². The average Bonchev–Trinajstić information content (AvgIpc) is 3.08. The van der Waals surface area contributed by atoms with Gasteiger partial charge in [-0.25, -0.2) is 0 Å². The first kappa shape index (κ1) is 14.6. The number of rotatable bonds is 4. The average molecular weight is 304 g/mol. The zero-order valence-electron chi connectivity index (χ0n) is 13.4. The van der Waals surface area contributed by atoms with Crippen molar-refractivity contribution in [3.8, 4) is 0 Å². The van der Waals surface area contributed by atoms with E-state index in [1.165, 1.54) is 27.6 Å². The molecule has 2 N–H and O–H groups in total. The van der Waals surface area contributed by atoms with E-state index in [1.54, 1.807) is 0 Å². The minimum atomic E-state index is 0.202. The highest BCUT2D eigenvalue weighted by atomic mass is 16.3. The molecule has 1 aromatic heterocycles. The van der Waals surface area contributed by atoms with Crippen LogP contribution in [0.2, 0.25) is 0 Å². The molecule has 2 atom stereocenters. The summed E-state index contributed by atoms with van der Waals surface area (Å²) in [5.74, 6) is 0.236. The maximum absolute atomic E-state index is 9.79. The summed E-state index contributed by atoms with van der Waals surface area (Å²) in [4.78, 5) is 0. The van der Waals surface area contributed by atoms with Crippen molar-refractivity contribution >= 4 is 24.2 Å². The first-order valence-electron chi connectivity index (χ1n) is 8.24. The van der Waals surface area contributed by atoms with E-state index in [1.807, 2.05) is 6.07 Å². The molecule has 23 heavy (non-hydrogen) atoms. The zero-order valence-corrected chi connectivity index (χ0v) is 13.4. The van der Waals surface area contributed by atoms with Gasteiger partial charge in [0.1, 0.15) is 7.85 Å². The molecule has 0 unspecified atom stereocenters. The second kappa shape index (κ2) is 5.87. The largest absolute Gasteiger partial charge is 0.396 e. The Morgan fingerprint density at radius 1 is 1.13 bits per heavy atom. The van der Waals surface area contributed by atoms with Gasteiger partial charge < -0.3 is 15.0 Å². The molecule has 0 spiro atoms. The maximum atomic E-state index is 9.79. The predicted octanol–water partition coefficient (Wildman–Crippen LogP) is 1.35. The Bertz CT molecular complexity index is 828. The lowest BCUT2D eigenvalue weighted by atomic mass is 9.94. The lowest BCUT2D eigenvalue weighted by Gasteiger charge is -2.19. The van der Waals surface area contributed by atoms with Crippen LogP contribution in [-0.2, 0) is 13.1 Å². The van der Waals surface area contributed by atoms with Crippen molar-refractivity contribution in [2.75, 3.05) is 6.61 Å². The molecule has 3 aromatic rings. The second-order valence-corrected chi connectivity index (χ2v) is 6.53. The number of hydrogen-bond acceptors (Lipinski definition) is 2. The SMILES string of the molecule is Bc1ccc2c(c1)cc1n2C[C@@H](CO)[C@H]1NCc1ccccc1. The van der Waals surface area contributed by atoms with Gasteiger partial charge in [-0.3, -0.25) is 0 Å². The summed E-state index contributed by atoms with van der Waals surface area (Å²) in [7, 11) is 2.13. The van der Waals surface area contributed by atoms with Crippen LogP contribution < -0.4 is 10.8 Å². The summed E-state index contributed by atoms with van der Waals surface area (Å²) in [5.41, 5.74) is 5.12. The van der Waals surface area contributed by atoms with Gasteiger partial charge in [0.15, 0.2) is 0 Å². The molecule has 116 valence electrons. The fourth-order valence-electron chi connectivity index (χ4n) is 3.71. The summed E-state index contributed by atoms with van der Waals surface area (Å²) in [6.07, 6.45) is 0. The van der Waals surface area contributed by atoms with Gasteiger partial charge in [-0.15, -0.1) is 0 Å². The van der Waals surface area contributed by atoms with Crippen molar-refractivity contribution in [1.29, 1.82) is 0 Å². The van der Waals surface area contributed by atoms with Gasteiger partial charge in [0.25, 0.3) is 0 Å². The van der Waals surface area contributed by atoms with Crippen molar-refractivity contribution in [2.45, 2.75) is 19.1 Å². The molecular weight excluding hydrogens is 283 g/mol. The van der Waals surface area contributed by atoms with Gasteiger partial charge in [0.05, 0.1) is 6.04 Å². The highest BCUT2D eigenvalue weighted by molar-refractivity contribution is 6.33. The van der Waals surface area contributed by atoms with Crippen LogP contribution in [-0.4, -0.2) is 24.1 Å². The van der Waals surface area contributed by atoms with Crippen LogP contribution in [0, 0.1) is 5.92 Å². The topological polar surface area (TPSA) is 37.2 Å². The minimum absolute atomic E-state index is 0.202. The Hall–Kier alpha value is -2.04. The van der Waals surface area contributed by atoms with E-state index in [9.17, 15) is 5.11 Å². The zero-order chi connectivity index (χ0) is 15.8. The Morgan fingerprint density at radius 2 is 1.96 bits per heavy atom. The number of nitrogens with one attached hydrogen (secondary N) is 1. The van der Waals surface area contributed by atoms with E-state index in [-0.39, 0.29) is 18.6 Å². The van der Waals surface area contributed by atoms with Crippen LogP contribution in [0.5, 0.6) is 0 Å². The molecule has 0 aliphatic carbocycles. The third-order valence-corrected chi connectivity index (χ3v) is 4.90. The van der Waals surface area contributed by atoms with Crippen LogP contribution in [0.15, 0.2) is 54.6 Å². The first-order chi connectivity index (χ1) is 11.3. The molecule has 4 rings (SSSR count). The smallest absolute Gasteiger partial charge is 0.139 e. The van der Waals surface area contributed by atoms with E-state index in [0.29, 0.717) is 0 Å². The molecule has 0 radical (unpaired) electrons. The third-order valence-electron chi connectivity index (χ3n) is 4.90. The van der Waals surface area contributed by atoms with Gasteiger partial charge in [-0.1, -0.05) is 47.9 Å². The quantitative estimate of drug-likeness (QED) is 0.714. The highest BCUT2D eigenvalue weighted by Gasteiger charge is 2.33. The highest BCUT2D eigenvalue weighted by Crippen LogP contribution is 2.36. The Morgan fingerprint density at radius 3 is 2.74 bits per heavy atom. The number of aromatic nitrogens is 1. The molecule has 2 heterocycles. The molecular formula is C19H21BN2O. The monoisotopic (exact) mass is 304 g/mol. The third kappa shape index (κ3) is 2.58. The standard InChI is InChI=1S/C19H21BN2O/c20-16-6-7-17-14(8-16)9-18-19(15(12-23)11-22(17)18)21-10-13-4-2-1-3-5-13/h1-9,15,19,21,23H,10-12,20H2/t15-,19+/m0/s1. The lowest BCUT2D eigenvalue weighted by molar-refractivity contribution is 0.194. The normalized spacial score (nSPS) is 20.0. The Balaban J connectivity index is 1.65. The number of benzene rings is 2. The fourth-order valence-corrected chi connectivity index (χ4v) is 3.71. The van der Waals surface area contributed by atoms with Gasteiger partial charge >= 0.3 is 0 Å². The summed E-state index contributed by atoms with van der Waals surface area (Å²) < 4.78 is 2.36. The van der Waals surface area contributed by atoms with E-state index in [4.69, 9.17) is 0 Å². The Labute approximate surface area is 137 Å². The van der Waals surface area contributed by atoms with Crippen LogP contribution in [0.3, 0.4) is 0 Å².